The van der Waals surface area contributed by atoms with Crippen molar-refractivity contribution in [2.75, 3.05) is 30.3 Å². The summed E-state index contributed by atoms with van der Waals surface area (Å²) in [6.45, 7) is 3.62. The van der Waals surface area contributed by atoms with Gasteiger partial charge in [-0.3, -0.25) is 4.79 Å². The first-order valence-electron chi connectivity index (χ1n) is 10.7. The Morgan fingerprint density at radius 3 is 2.47 bits per heavy atom. The van der Waals surface area contributed by atoms with Gasteiger partial charge < -0.3 is 15.5 Å². The van der Waals surface area contributed by atoms with Gasteiger partial charge in [0.2, 0.25) is 0 Å². The van der Waals surface area contributed by atoms with Crippen LogP contribution in [-0.2, 0) is 6.42 Å². The molecule has 1 aliphatic heterocycles. The van der Waals surface area contributed by atoms with Crippen molar-refractivity contribution in [2.24, 2.45) is 0 Å². The number of nitrogens with zero attached hydrogens (tertiary/aromatic N) is 2. The minimum Gasteiger partial charge on any atom is -0.338 e. The number of carbonyl (C=O) groups excluding carboxylic acids is 1. The molecule has 4 rings (SSSR count). The van der Waals surface area contributed by atoms with Crippen molar-refractivity contribution in [2.45, 2.75) is 25.7 Å². The predicted molar refractivity (Wildman–Crippen MR) is 122 cm³/mol. The summed E-state index contributed by atoms with van der Waals surface area (Å²) in [5.74, 6) is 0.499. The molecule has 0 spiro atoms. The van der Waals surface area contributed by atoms with Gasteiger partial charge in [0.15, 0.2) is 5.82 Å². The molecule has 0 unspecified atom stereocenters. The van der Waals surface area contributed by atoms with Gasteiger partial charge in [-0.15, -0.1) is 0 Å². The lowest BCUT2D eigenvalue weighted by molar-refractivity contribution is 0.102. The average Bonchev–Trinajstić information content (AvgIpc) is 3.30. The zero-order chi connectivity index (χ0) is 20.6. The minimum absolute atomic E-state index is 0.148. The molecule has 1 saturated heterocycles. The second-order valence-electron chi connectivity index (χ2n) is 7.65. The Morgan fingerprint density at radius 1 is 0.900 bits per heavy atom. The van der Waals surface area contributed by atoms with Crippen LogP contribution in [0.3, 0.4) is 0 Å². The Balaban J connectivity index is 1.45. The molecule has 0 aliphatic carbocycles. The number of aryl methyl sites for hydroxylation is 1. The summed E-state index contributed by atoms with van der Waals surface area (Å²) in [4.78, 5) is 19.6. The van der Waals surface area contributed by atoms with E-state index >= 15 is 0 Å². The maximum Gasteiger partial charge on any atom is 0.255 e. The van der Waals surface area contributed by atoms with Crippen LogP contribution in [0.4, 0.5) is 17.2 Å². The van der Waals surface area contributed by atoms with Crippen LogP contribution in [0.2, 0.25) is 0 Å². The number of hydrogen-bond donors (Lipinski definition) is 2. The number of benzene rings is 2. The number of aromatic nitrogens is 1. The van der Waals surface area contributed by atoms with Gasteiger partial charge in [-0.25, -0.2) is 4.98 Å². The van der Waals surface area contributed by atoms with E-state index in [0.29, 0.717) is 17.1 Å². The molecule has 1 fully saturated rings. The second-order valence-corrected chi connectivity index (χ2v) is 7.65. The summed E-state index contributed by atoms with van der Waals surface area (Å²) < 4.78 is 0. The first kappa shape index (κ1) is 20.1. The molecule has 0 bridgehead atoms. The normalized spacial score (nSPS) is 13.9. The summed E-state index contributed by atoms with van der Waals surface area (Å²) in [5.41, 5.74) is 3.59. The molecule has 1 aromatic heterocycles. The molecule has 30 heavy (non-hydrogen) atoms. The second kappa shape index (κ2) is 10.0. The molecule has 1 aliphatic rings. The van der Waals surface area contributed by atoms with Crippen molar-refractivity contribution in [1.82, 2.24) is 9.88 Å². The highest BCUT2D eigenvalue weighted by Crippen LogP contribution is 2.26. The molecular formula is C25H28N4O. The van der Waals surface area contributed by atoms with Gasteiger partial charge in [-0.1, -0.05) is 36.4 Å². The number of amides is 1. The van der Waals surface area contributed by atoms with Crippen molar-refractivity contribution in [3.05, 3.63) is 84.1 Å². The molecule has 2 N–H and O–H groups in total. The summed E-state index contributed by atoms with van der Waals surface area (Å²) >= 11 is 0. The molecule has 3 aromatic rings. The lowest BCUT2D eigenvalue weighted by Gasteiger charge is -2.17. The van der Waals surface area contributed by atoms with E-state index in [4.69, 9.17) is 0 Å². The highest BCUT2D eigenvalue weighted by atomic mass is 16.1. The SMILES string of the molecule is O=C(Nc1cccnc1Nc1ccccc1CCCN1CCCC1)c1ccccc1. The largest absolute Gasteiger partial charge is 0.338 e. The van der Waals surface area contributed by atoms with Crippen LogP contribution >= 0.6 is 0 Å². The summed E-state index contributed by atoms with van der Waals surface area (Å²) in [6, 6.07) is 21.2. The smallest absolute Gasteiger partial charge is 0.255 e. The van der Waals surface area contributed by atoms with Crippen LogP contribution in [0, 0.1) is 0 Å². The van der Waals surface area contributed by atoms with Crippen LogP contribution in [0.5, 0.6) is 0 Å². The molecular weight excluding hydrogens is 372 g/mol. The molecule has 0 radical (unpaired) electrons. The van der Waals surface area contributed by atoms with Gasteiger partial charge in [-0.2, -0.15) is 0 Å². The number of nitrogens with one attached hydrogen (secondary N) is 2. The Kier molecular flexibility index (Phi) is 6.72. The van der Waals surface area contributed by atoms with E-state index in [-0.39, 0.29) is 5.91 Å². The number of rotatable bonds is 8. The van der Waals surface area contributed by atoms with Gasteiger partial charge in [0.05, 0.1) is 5.69 Å². The van der Waals surface area contributed by atoms with E-state index < -0.39 is 0 Å². The Labute approximate surface area is 178 Å². The average molecular weight is 401 g/mol. The third-order valence-corrected chi connectivity index (χ3v) is 5.48. The van der Waals surface area contributed by atoms with E-state index in [1.807, 2.05) is 36.4 Å². The third-order valence-electron chi connectivity index (χ3n) is 5.48. The zero-order valence-corrected chi connectivity index (χ0v) is 17.2. The summed E-state index contributed by atoms with van der Waals surface area (Å²) in [5, 5.41) is 6.41. The maximum absolute atomic E-state index is 12.6. The number of likely N-dealkylation sites (tertiary alicyclic amines) is 1. The predicted octanol–water partition coefficient (Wildman–Crippen LogP) is 5.11. The zero-order valence-electron chi connectivity index (χ0n) is 17.2. The van der Waals surface area contributed by atoms with Crippen molar-refractivity contribution in [3.8, 4) is 0 Å². The minimum atomic E-state index is -0.148. The number of pyridine rings is 1. The van der Waals surface area contributed by atoms with Crippen LogP contribution in [0.1, 0.15) is 35.2 Å². The van der Waals surface area contributed by atoms with Crippen molar-refractivity contribution in [3.63, 3.8) is 0 Å². The fourth-order valence-electron chi connectivity index (χ4n) is 3.88. The van der Waals surface area contributed by atoms with E-state index in [1.54, 1.807) is 18.3 Å². The third kappa shape index (κ3) is 5.24. The molecule has 5 nitrogen and oxygen atoms in total. The van der Waals surface area contributed by atoms with E-state index in [9.17, 15) is 4.79 Å². The first-order valence-corrected chi connectivity index (χ1v) is 10.7. The van der Waals surface area contributed by atoms with Crippen molar-refractivity contribution in [1.29, 1.82) is 0 Å². The van der Waals surface area contributed by atoms with E-state index in [2.05, 4.69) is 38.7 Å². The molecule has 1 amide bonds. The van der Waals surface area contributed by atoms with Crippen LogP contribution in [-0.4, -0.2) is 35.4 Å². The molecule has 0 saturated carbocycles. The summed E-state index contributed by atoms with van der Waals surface area (Å²) in [6.07, 6.45) is 6.54. The van der Waals surface area contributed by atoms with Gasteiger partial charge in [0, 0.05) is 17.4 Å². The van der Waals surface area contributed by atoms with Crippen LogP contribution in [0.15, 0.2) is 72.9 Å². The highest BCUT2D eigenvalue weighted by molar-refractivity contribution is 6.05. The number of carbonyl (C=O) groups is 1. The van der Waals surface area contributed by atoms with Crippen LogP contribution in [0.25, 0.3) is 0 Å². The molecule has 5 heteroatoms. The van der Waals surface area contributed by atoms with Gasteiger partial charge in [-0.05, 0) is 81.2 Å². The Hall–Kier alpha value is -3.18. The Morgan fingerprint density at radius 2 is 1.63 bits per heavy atom. The van der Waals surface area contributed by atoms with Crippen LogP contribution < -0.4 is 10.6 Å². The van der Waals surface area contributed by atoms with Gasteiger partial charge in [0.1, 0.15) is 0 Å². The topological polar surface area (TPSA) is 57.3 Å². The molecule has 2 aromatic carbocycles. The molecule has 2 heterocycles. The number of hydrogen-bond acceptors (Lipinski definition) is 4. The fourth-order valence-corrected chi connectivity index (χ4v) is 3.88. The quantitative estimate of drug-likeness (QED) is 0.552. The van der Waals surface area contributed by atoms with Gasteiger partial charge >= 0.3 is 0 Å². The highest BCUT2D eigenvalue weighted by Gasteiger charge is 2.13. The number of anilines is 3. The number of para-hydroxylation sites is 1. The monoisotopic (exact) mass is 400 g/mol. The van der Waals surface area contributed by atoms with E-state index in [1.165, 1.54) is 31.5 Å². The first-order chi connectivity index (χ1) is 14.8. The summed E-state index contributed by atoms with van der Waals surface area (Å²) in [7, 11) is 0. The van der Waals surface area contributed by atoms with Gasteiger partial charge in [0.25, 0.3) is 5.91 Å². The standard InChI is InChI=1S/C25H28N4O/c30-25(21-11-2-1-3-12-21)28-23-15-8-16-26-24(23)27-22-14-5-4-10-20(22)13-9-19-29-17-6-7-18-29/h1-5,8,10-12,14-16H,6-7,9,13,17-19H2,(H,26,27)(H,28,30). The maximum atomic E-state index is 12.6. The van der Waals surface area contributed by atoms with Crippen molar-refractivity contribution >= 4 is 23.1 Å². The molecule has 0 atom stereocenters. The van der Waals surface area contributed by atoms with E-state index in [0.717, 1.165) is 25.1 Å². The van der Waals surface area contributed by atoms with Crippen molar-refractivity contribution < 1.29 is 4.79 Å². The Bertz CT molecular complexity index is 968. The lowest BCUT2D eigenvalue weighted by Crippen LogP contribution is -2.20. The fraction of sp³-hybridized carbons (Fsp3) is 0.280. The molecule has 154 valence electrons. The lowest BCUT2D eigenvalue weighted by atomic mass is 10.1.